The van der Waals surface area contributed by atoms with E-state index >= 15 is 0 Å². The lowest BCUT2D eigenvalue weighted by molar-refractivity contribution is -0.128. The van der Waals surface area contributed by atoms with Gasteiger partial charge in [-0.3, -0.25) is 15.0 Å². The molecule has 6 unspecified atom stereocenters. The number of hydrogen-bond donors (Lipinski definition) is 4. The number of nitrogens with one attached hydrogen (secondary N) is 3. The molecule has 0 aromatic carbocycles. The highest BCUT2D eigenvalue weighted by Crippen LogP contribution is 2.26. The highest BCUT2D eigenvalue weighted by molar-refractivity contribution is 5.79. The molecule has 0 spiro atoms. The zero-order valence-electron chi connectivity index (χ0n) is 16.4. The van der Waals surface area contributed by atoms with Crippen molar-refractivity contribution in [2.75, 3.05) is 32.8 Å². The van der Waals surface area contributed by atoms with Crippen molar-refractivity contribution in [1.82, 2.24) is 20.9 Å². The van der Waals surface area contributed by atoms with Crippen molar-refractivity contribution in [1.29, 1.82) is 0 Å². The highest BCUT2D eigenvalue weighted by atomic mass is 16.5. The van der Waals surface area contributed by atoms with E-state index < -0.39 is 0 Å². The van der Waals surface area contributed by atoms with E-state index in [1.165, 1.54) is 0 Å². The van der Waals surface area contributed by atoms with Crippen molar-refractivity contribution >= 4 is 5.91 Å². The van der Waals surface area contributed by atoms with Crippen LogP contribution >= 0.6 is 0 Å². The van der Waals surface area contributed by atoms with Crippen LogP contribution in [-0.4, -0.2) is 68.1 Å². The fourth-order valence-electron chi connectivity index (χ4n) is 4.64. The lowest BCUT2D eigenvalue weighted by atomic mass is 9.82. The van der Waals surface area contributed by atoms with Gasteiger partial charge < -0.3 is 21.1 Å². The third-order valence-electron chi connectivity index (χ3n) is 6.26. The molecule has 3 aliphatic rings. The summed E-state index contributed by atoms with van der Waals surface area (Å²) in [6.45, 7) is 8.67. The van der Waals surface area contributed by atoms with Crippen LogP contribution in [0, 0.1) is 11.8 Å². The first-order chi connectivity index (χ1) is 12.5. The Kier molecular flexibility index (Phi) is 7.28. The molecule has 7 heteroatoms. The van der Waals surface area contributed by atoms with Gasteiger partial charge in [0.05, 0.1) is 25.5 Å². The molecule has 0 aromatic rings. The minimum atomic E-state index is -0.00407. The van der Waals surface area contributed by atoms with Gasteiger partial charge in [-0.15, -0.1) is 0 Å². The third-order valence-corrected chi connectivity index (χ3v) is 6.26. The van der Waals surface area contributed by atoms with Crippen LogP contribution in [0.3, 0.4) is 0 Å². The van der Waals surface area contributed by atoms with E-state index in [0.717, 1.165) is 65.0 Å². The summed E-state index contributed by atoms with van der Waals surface area (Å²) in [6.07, 6.45) is 5.32. The Morgan fingerprint density at radius 1 is 1.23 bits per heavy atom. The highest BCUT2D eigenvalue weighted by Gasteiger charge is 2.34. The standard InChI is InChI=1S/C19H37N5O2/c1-13-3-4-16(12-17(13)22-14(2)20)23-19(25)15-5-6-21-18(11-15)24-7-9-26-10-8-24/h13-18,21-22H,3-12,20H2,1-2H3,(H,23,25). The Hall–Kier alpha value is -0.730. The Morgan fingerprint density at radius 3 is 2.73 bits per heavy atom. The second-order valence-electron chi connectivity index (χ2n) is 8.40. The molecule has 2 saturated heterocycles. The van der Waals surface area contributed by atoms with E-state index in [-0.39, 0.29) is 24.0 Å². The number of hydrogen-bond acceptors (Lipinski definition) is 6. The molecule has 5 N–H and O–H groups in total. The van der Waals surface area contributed by atoms with Crippen LogP contribution in [0.5, 0.6) is 0 Å². The minimum absolute atomic E-state index is 0.00407. The van der Waals surface area contributed by atoms with Gasteiger partial charge in [0.2, 0.25) is 5.91 Å². The molecular weight excluding hydrogens is 330 g/mol. The number of ether oxygens (including phenoxy) is 1. The fourth-order valence-corrected chi connectivity index (χ4v) is 4.64. The first-order valence-corrected chi connectivity index (χ1v) is 10.4. The molecule has 2 heterocycles. The maximum absolute atomic E-state index is 12.9. The van der Waals surface area contributed by atoms with E-state index in [9.17, 15) is 4.79 Å². The van der Waals surface area contributed by atoms with Crippen LogP contribution in [0.15, 0.2) is 0 Å². The SMILES string of the molecule is CC(N)NC1CC(NC(=O)C2CCNC(N3CCOCC3)C2)CCC1C. The minimum Gasteiger partial charge on any atom is -0.379 e. The van der Waals surface area contributed by atoms with Gasteiger partial charge in [-0.1, -0.05) is 6.92 Å². The first kappa shape index (κ1) is 20.0. The van der Waals surface area contributed by atoms with Crippen molar-refractivity contribution in [3.8, 4) is 0 Å². The normalized spacial score (nSPS) is 37.9. The first-order valence-electron chi connectivity index (χ1n) is 10.4. The molecule has 0 aromatic heterocycles. The number of piperidine rings is 1. The summed E-state index contributed by atoms with van der Waals surface area (Å²) in [5, 5.41) is 10.4. The molecule has 2 aliphatic heterocycles. The molecular formula is C19H37N5O2. The fraction of sp³-hybridized carbons (Fsp3) is 0.947. The molecule has 150 valence electrons. The third kappa shape index (κ3) is 5.39. The lowest BCUT2D eigenvalue weighted by Crippen LogP contribution is -2.56. The summed E-state index contributed by atoms with van der Waals surface area (Å²) in [7, 11) is 0. The second-order valence-corrected chi connectivity index (χ2v) is 8.40. The zero-order valence-corrected chi connectivity index (χ0v) is 16.4. The number of nitrogens with zero attached hydrogens (tertiary/aromatic N) is 1. The molecule has 26 heavy (non-hydrogen) atoms. The predicted molar refractivity (Wildman–Crippen MR) is 102 cm³/mol. The van der Waals surface area contributed by atoms with E-state index in [0.29, 0.717) is 18.1 Å². The summed E-state index contributed by atoms with van der Waals surface area (Å²) in [5.41, 5.74) is 5.92. The van der Waals surface area contributed by atoms with E-state index in [1.54, 1.807) is 0 Å². The van der Waals surface area contributed by atoms with E-state index in [2.05, 4.69) is 27.8 Å². The maximum Gasteiger partial charge on any atom is 0.223 e. The number of amides is 1. The Balaban J connectivity index is 1.49. The van der Waals surface area contributed by atoms with Gasteiger partial charge in [0, 0.05) is 31.1 Å². The van der Waals surface area contributed by atoms with Crippen molar-refractivity contribution in [3.05, 3.63) is 0 Å². The molecule has 0 bridgehead atoms. The van der Waals surface area contributed by atoms with E-state index in [4.69, 9.17) is 10.5 Å². The number of rotatable bonds is 5. The average Bonchev–Trinajstić information content (AvgIpc) is 2.65. The van der Waals surface area contributed by atoms with Gasteiger partial charge in [0.15, 0.2) is 0 Å². The van der Waals surface area contributed by atoms with Crippen LogP contribution in [0.25, 0.3) is 0 Å². The van der Waals surface area contributed by atoms with Gasteiger partial charge in [-0.05, 0) is 51.5 Å². The molecule has 7 nitrogen and oxygen atoms in total. The Labute approximate surface area is 157 Å². The zero-order chi connectivity index (χ0) is 18.5. The molecule has 3 fully saturated rings. The van der Waals surface area contributed by atoms with Gasteiger partial charge in [0.1, 0.15) is 0 Å². The van der Waals surface area contributed by atoms with Crippen LogP contribution in [0.4, 0.5) is 0 Å². The van der Waals surface area contributed by atoms with Crippen molar-refractivity contribution in [2.24, 2.45) is 17.6 Å². The summed E-state index contributed by atoms with van der Waals surface area (Å²) in [6, 6.07) is 0.662. The van der Waals surface area contributed by atoms with Gasteiger partial charge >= 0.3 is 0 Å². The smallest absolute Gasteiger partial charge is 0.223 e. The summed E-state index contributed by atoms with van der Waals surface area (Å²) >= 11 is 0. The largest absolute Gasteiger partial charge is 0.379 e. The van der Waals surface area contributed by atoms with Gasteiger partial charge in [-0.2, -0.15) is 0 Å². The quantitative estimate of drug-likeness (QED) is 0.520. The van der Waals surface area contributed by atoms with Crippen LogP contribution in [0.1, 0.15) is 46.0 Å². The lowest BCUT2D eigenvalue weighted by Gasteiger charge is -2.40. The predicted octanol–water partition coefficient (Wildman–Crippen LogP) is 0.212. The summed E-state index contributed by atoms with van der Waals surface area (Å²) in [4.78, 5) is 15.3. The van der Waals surface area contributed by atoms with Crippen LogP contribution in [0.2, 0.25) is 0 Å². The molecule has 0 radical (unpaired) electrons. The molecule has 1 saturated carbocycles. The van der Waals surface area contributed by atoms with E-state index in [1.807, 2.05) is 6.92 Å². The molecule has 6 atom stereocenters. The topological polar surface area (TPSA) is 91.7 Å². The number of carbonyl (C=O) groups excluding carboxylic acids is 1. The second kappa shape index (κ2) is 9.46. The summed E-state index contributed by atoms with van der Waals surface area (Å²) < 4.78 is 5.45. The molecule has 3 rings (SSSR count). The Bertz CT molecular complexity index is 455. The van der Waals surface area contributed by atoms with Crippen molar-refractivity contribution < 1.29 is 9.53 Å². The van der Waals surface area contributed by atoms with Gasteiger partial charge in [-0.25, -0.2) is 0 Å². The van der Waals surface area contributed by atoms with Gasteiger partial charge in [0.25, 0.3) is 0 Å². The number of morpholine rings is 1. The Morgan fingerprint density at radius 2 is 2.00 bits per heavy atom. The van der Waals surface area contributed by atoms with Crippen LogP contribution in [-0.2, 0) is 9.53 Å². The molecule has 1 aliphatic carbocycles. The van der Waals surface area contributed by atoms with Crippen molar-refractivity contribution in [2.45, 2.75) is 70.4 Å². The summed E-state index contributed by atoms with van der Waals surface area (Å²) in [5.74, 6) is 0.964. The average molecular weight is 368 g/mol. The van der Waals surface area contributed by atoms with Crippen molar-refractivity contribution in [3.63, 3.8) is 0 Å². The number of nitrogens with two attached hydrogens (primary N) is 1. The number of carbonyl (C=O) groups is 1. The molecule has 1 amide bonds. The van der Waals surface area contributed by atoms with Crippen LogP contribution < -0.4 is 21.7 Å². The monoisotopic (exact) mass is 367 g/mol. The maximum atomic E-state index is 12.9.